The average molecular weight is 522 g/mol. The van der Waals surface area contributed by atoms with Gasteiger partial charge < -0.3 is 5.32 Å². The Labute approximate surface area is 204 Å². The first-order chi connectivity index (χ1) is 15.8. The number of nitrogens with one attached hydrogen (secondary N) is 2. The lowest BCUT2D eigenvalue weighted by Gasteiger charge is -2.22. The molecule has 0 aliphatic carbocycles. The van der Waals surface area contributed by atoms with Crippen LogP contribution in [-0.4, -0.2) is 35.5 Å². The lowest BCUT2D eigenvalue weighted by molar-refractivity contribution is -0.114. The molecule has 0 heterocycles. The molecule has 0 saturated carbocycles. The number of benzene rings is 3. The van der Waals surface area contributed by atoms with E-state index in [-0.39, 0.29) is 10.6 Å². The van der Waals surface area contributed by atoms with Crippen LogP contribution < -0.4 is 14.3 Å². The van der Waals surface area contributed by atoms with Crippen molar-refractivity contribution in [1.82, 2.24) is 0 Å². The average Bonchev–Trinajstić information content (AvgIpc) is 2.74. The lowest BCUT2D eigenvalue weighted by atomic mass is 10.1. The van der Waals surface area contributed by atoms with Gasteiger partial charge in [0.1, 0.15) is 6.54 Å². The number of nitrogens with zero attached hydrogens (tertiary/aromatic N) is 1. The van der Waals surface area contributed by atoms with E-state index in [4.69, 9.17) is 11.6 Å². The zero-order valence-electron chi connectivity index (χ0n) is 18.7. The fraction of sp³-hybridized carbons (Fsp3) is 0.174. The summed E-state index contributed by atoms with van der Waals surface area (Å²) >= 11 is 5.95. The third-order valence-electron chi connectivity index (χ3n) is 4.99. The van der Waals surface area contributed by atoms with Gasteiger partial charge in [-0.15, -0.1) is 0 Å². The Balaban J connectivity index is 1.71. The van der Waals surface area contributed by atoms with Crippen molar-refractivity contribution >= 4 is 54.6 Å². The third-order valence-corrected chi connectivity index (χ3v) is 7.76. The number of hydrogen-bond donors (Lipinski definition) is 2. The Bertz CT molecular complexity index is 1420. The monoisotopic (exact) mass is 521 g/mol. The normalized spacial score (nSPS) is 11.6. The molecule has 34 heavy (non-hydrogen) atoms. The second-order valence-corrected chi connectivity index (χ2v) is 11.8. The number of carbonyl (C=O) groups is 1. The van der Waals surface area contributed by atoms with Crippen molar-refractivity contribution in [2.75, 3.05) is 27.1 Å². The number of rotatable bonds is 8. The van der Waals surface area contributed by atoms with Crippen LogP contribution in [-0.2, 0) is 24.8 Å². The fourth-order valence-electron chi connectivity index (χ4n) is 3.10. The summed E-state index contributed by atoms with van der Waals surface area (Å²) in [6, 6.07) is 17.0. The molecule has 180 valence electrons. The number of sulfonamides is 2. The molecule has 0 radical (unpaired) electrons. The molecule has 2 N–H and O–H groups in total. The molecule has 0 aliphatic rings. The smallest absolute Gasteiger partial charge is 0.261 e. The van der Waals surface area contributed by atoms with Crippen LogP contribution in [0.3, 0.4) is 0 Å². The van der Waals surface area contributed by atoms with E-state index in [1.807, 2.05) is 19.9 Å². The van der Waals surface area contributed by atoms with Crippen LogP contribution in [0.25, 0.3) is 0 Å². The van der Waals surface area contributed by atoms with Gasteiger partial charge >= 0.3 is 0 Å². The Kier molecular flexibility index (Phi) is 7.54. The van der Waals surface area contributed by atoms with Crippen molar-refractivity contribution in [3.63, 3.8) is 0 Å². The van der Waals surface area contributed by atoms with Crippen LogP contribution in [0.1, 0.15) is 11.1 Å². The summed E-state index contributed by atoms with van der Waals surface area (Å²) in [6.45, 7) is 3.35. The van der Waals surface area contributed by atoms with Gasteiger partial charge in [0, 0.05) is 16.4 Å². The lowest BCUT2D eigenvalue weighted by Crippen LogP contribution is -2.37. The van der Waals surface area contributed by atoms with Gasteiger partial charge in [-0.1, -0.05) is 23.7 Å². The van der Waals surface area contributed by atoms with Crippen LogP contribution in [0.2, 0.25) is 5.02 Å². The summed E-state index contributed by atoms with van der Waals surface area (Å²) in [7, 11) is -7.59. The van der Waals surface area contributed by atoms with E-state index < -0.39 is 32.5 Å². The number of anilines is 3. The molecule has 8 nitrogen and oxygen atoms in total. The first-order valence-corrected chi connectivity index (χ1v) is 13.8. The van der Waals surface area contributed by atoms with Gasteiger partial charge in [0.15, 0.2) is 0 Å². The minimum Gasteiger partial charge on any atom is -0.325 e. The highest BCUT2D eigenvalue weighted by Gasteiger charge is 2.21. The van der Waals surface area contributed by atoms with Gasteiger partial charge in [0.25, 0.3) is 10.0 Å². The zero-order chi connectivity index (χ0) is 25.1. The Hall–Kier alpha value is -3.08. The molecular weight excluding hydrogens is 498 g/mol. The molecule has 3 aromatic rings. The van der Waals surface area contributed by atoms with E-state index in [1.165, 1.54) is 36.4 Å². The highest BCUT2D eigenvalue weighted by molar-refractivity contribution is 7.92. The topological polar surface area (TPSA) is 113 Å². The second-order valence-electron chi connectivity index (χ2n) is 7.73. The second kappa shape index (κ2) is 10.0. The molecule has 3 rings (SSSR count). The standard InChI is InChI=1S/C23H24ClN3O5S2/c1-16-7-8-20(13-17(16)2)26-34(31,32)22-11-9-19(10-12-22)25-23(28)15-27(33(3,29)30)21-6-4-5-18(24)14-21/h4-14,26H,15H2,1-3H3,(H,25,28). The van der Waals surface area contributed by atoms with E-state index in [1.54, 1.807) is 24.3 Å². The molecular formula is C23H24ClN3O5S2. The molecule has 11 heteroatoms. The predicted molar refractivity (Wildman–Crippen MR) is 135 cm³/mol. The summed E-state index contributed by atoms with van der Waals surface area (Å²) in [6.07, 6.45) is 0.989. The molecule has 0 bridgehead atoms. The third kappa shape index (κ3) is 6.49. The van der Waals surface area contributed by atoms with Gasteiger partial charge in [-0.05, 0) is 79.6 Å². The SMILES string of the molecule is Cc1ccc(NS(=O)(=O)c2ccc(NC(=O)CN(c3cccc(Cl)c3)S(C)(=O)=O)cc2)cc1C. The van der Waals surface area contributed by atoms with Gasteiger partial charge in [0.2, 0.25) is 15.9 Å². The van der Waals surface area contributed by atoms with Gasteiger partial charge in [-0.25, -0.2) is 16.8 Å². The zero-order valence-corrected chi connectivity index (χ0v) is 21.1. The van der Waals surface area contributed by atoms with E-state index >= 15 is 0 Å². The first kappa shape index (κ1) is 25.5. The van der Waals surface area contributed by atoms with E-state index in [2.05, 4.69) is 10.0 Å². The van der Waals surface area contributed by atoms with E-state index in [0.29, 0.717) is 16.4 Å². The summed E-state index contributed by atoms with van der Waals surface area (Å²) in [5, 5.41) is 2.91. The molecule has 0 aliphatic heterocycles. The molecule has 0 spiro atoms. The van der Waals surface area contributed by atoms with E-state index in [0.717, 1.165) is 21.7 Å². The maximum absolute atomic E-state index is 12.7. The summed E-state index contributed by atoms with van der Waals surface area (Å²) in [5.41, 5.74) is 3.02. The van der Waals surface area contributed by atoms with Crippen LogP contribution in [0, 0.1) is 13.8 Å². The Morgan fingerprint density at radius 3 is 2.12 bits per heavy atom. The maximum Gasteiger partial charge on any atom is 0.261 e. The van der Waals surface area contributed by atoms with Crippen molar-refractivity contribution in [2.24, 2.45) is 0 Å². The van der Waals surface area contributed by atoms with Crippen molar-refractivity contribution in [3.05, 3.63) is 82.9 Å². The van der Waals surface area contributed by atoms with Gasteiger partial charge in [0.05, 0.1) is 16.8 Å². The number of hydrogen-bond acceptors (Lipinski definition) is 5. The van der Waals surface area contributed by atoms with Crippen LogP contribution in [0.15, 0.2) is 71.6 Å². The summed E-state index contributed by atoms with van der Waals surface area (Å²) in [4.78, 5) is 12.5. The number of aryl methyl sites for hydroxylation is 2. The van der Waals surface area contributed by atoms with Gasteiger partial charge in [-0.3, -0.25) is 13.8 Å². The molecule has 0 unspecified atom stereocenters. The minimum atomic E-state index is -3.83. The first-order valence-electron chi connectivity index (χ1n) is 10.1. The van der Waals surface area contributed by atoms with Crippen molar-refractivity contribution in [3.8, 4) is 0 Å². The molecule has 3 aromatic carbocycles. The van der Waals surface area contributed by atoms with Crippen molar-refractivity contribution in [1.29, 1.82) is 0 Å². The molecule has 0 aromatic heterocycles. The van der Waals surface area contributed by atoms with E-state index in [9.17, 15) is 21.6 Å². The largest absolute Gasteiger partial charge is 0.325 e. The molecule has 0 fully saturated rings. The quantitative estimate of drug-likeness (QED) is 0.462. The minimum absolute atomic E-state index is 0.0143. The van der Waals surface area contributed by atoms with Crippen LogP contribution in [0.4, 0.5) is 17.1 Å². The molecule has 0 atom stereocenters. The Morgan fingerprint density at radius 1 is 0.882 bits per heavy atom. The number of amides is 1. The predicted octanol–water partition coefficient (Wildman–Crippen LogP) is 4.16. The van der Waals surface area contributed by atoms with Crippen LogP contribution in [0.5, 0.6) is 0 Å². The highest BCUT2D eigenvalue weighted by Crippen LogP contribution is 2.23. The Morgan fingerprint density at radius 2 is 1.53 bits per heavy atom. The van der Waals surface area contributed by atoms with Crippen LogP contribution >= 0.6 is 11.6 Å². The molecule has 1 amide bonds. The summed E-state index contributed by atoms with van der Waals surface area (Å²) in [5.74, 6) is -0.603. The number of carbonyl (C=O) groups excluding carboxylic acids is 1. The van der Waals surface area contributed by atoms with Crippen molar-refractivity contribution in [2.45, 2.75) is 18.7 Å². The highest BCUT2D eigenvalue weighted by atomic mass is 35.5. The number of halogens is 1. The van der Waals surface area contributed by atoms with Gasteiger partial charge in [-0.2, -0.15) is 0 Å². The summed E-state index contributed by atoms with van der Waals surface area (Å²) < 4.78 is 53.2. The maximum atomic E-state index is 12.7. The van der Waals surface area contributed by atoms with Crippen molar-refractivity contribution < 1.29 is 21.6 Å². The fourth-order valence-corrected chi connectivity index (χ4v) is 5.18. The molecule has 0 saturated heterocycles.